The van der Waals surface area contributed by atoms with Gasteiger partial charge in [-0.15, -0.1) is 0 Å². The van der Waals surface area contributed by atoms with Crippen molar-refractivity contribution in [2.24, 2.45) is 0 Å². The first-order chi connectivity index (χ1) is 9.50. The molecule has 114 valence electrons. The zero-order valence-corrected chi connectivity index (χ0v) is 13.0. The minimum atomic E-state index is -3.51. The van der Waals surface area contributed by atoms with Crippen LogP contribution in [0.5, 0.6) is 0 Å². The smallest absolute Gasteiger partial charge is 0.246 e. The number of rotatable bonds is 8. The Morgan fingerprint density at radius 3 is 2.75 bits per heavy atom. The minimum Gasteiger partial charge on any atom is -0.464 e. The van der Waals surface area contributed by atoms with E-state index in [1.54, 1.807) is 27.1 Å². The molecule has 1 saturated carbocycles. The van der Waals surface area contributed by atoms with E-state index in [1.165, 1.54) is 4.31 Å². The molecule has 0 aliphatic heterocycles. The van der Waals surface area contributed by atoms with Crippen LogP contribution >= 0.6 is 0 Å². The number of methoxy groups -OCH3 is 1. The second-order valence-electron chi connectivity index (χ2n) is 5.00. The van der Waals surface area contributed by atoms with Crippen molar-refractivity contribution < 1.29 is 17.6 Å². The van der Waals surface area contributed by atoms with E-state index in [9.17, 15) is 8.42 Å². The van der Waals surface area contributed by atoms with E-state index in [-0.39, 0.29) is 10.9 Å². The molecule has 0 atom stereocenters. The summed E-state index contributed by atoms with van der Waals surface area (Å²) in [7, 11) is -0.138. The first kappa shape index (κ1) is 15.5. The van der Waals surface area contributed by atoms with Crippen molar-refractivity contribution in [1.82, 2.24) is 9.62 Å². The van der Waals surface area contributed by atoms with E-state index < -0.39 is 10.0 Å². The molecule has 2 rings (SSSR count). The summed E-state index contributed by atoms with van der Waals surface area (Å²) >= 11 is 0. The Kier molecular flexibility index (Phi) is 4.85. The average molecular weight is 302 g/mol. The fourth-order valence-corrected chi connectivity index (χ4v) is 4.07. The Morgan fingerprint density at radius 2 is 2.20 bits per heavy atom. The highest BCUT2D eigenvalue weighted by Crippen LogP contribution is 2.33. The lowest BCUT2D eigenvalue weighted by Gasteiger charge is -2.20. The van der Waals surface area contributed by atoms with Gasteiger partial charge in [-0.25, -0.2) is 8.42 Å². The van der Waals surface area contributed by atoms with Crippen molar-refractivity contribution >= 4 is 10.0 Å². The number of furan rings is 1. The zero-order chi connectivity index (χ0) is 14.8. The van der Waals surface area contributed by atoms with Gasteiger partial charge >= 0.3 is 0 Å². The van der Waals surface area contributed by atoms with E-state index in [0.29, 0.717) is 31.2 Å². The summed E-state index contributed by atoms with van der Waals surface area (Å²) in [4.78, 5) is 0.269. The third-order valence-electron chi connectivity index (χ3n) is 3.33. The molecular formula is C13H22N2O4S. The number of hydrogen-bond donors (Lipinski definition) is 1. The van der Waals surface area contributed by atoms with Crippen LogP contribution in [-0.2, 0) is 21.3 Å². The van der Waals surface area contributed by atoms with E-state index in [0.717, 1.165) is 12.8 Å². The Morgan fingerprint density at radius 1 is 1.50 bits per heavy atom. The lowest BCUT2D eigenvalue weighted by Crippen LogP contribution is -2.35. The third-order valence-corrected chi connectivity index (χ3v) is 5.39. The number of sulfonamides is 1. The van der Waals surface area contributed by atoms with Crippen LogP contribution < -0.4 is 5.32 Å². The molecule has 0 spiro atoms. The Labute approximate surface area is 120 Å². The normalized spacial score (nSPS) is 16.0. The van der Waals surface area contributed by atoms with Crippen molar-refractivity contribution in [2.45, 2.75) is 37.2 Å². The van der Waals surface area contributed by atoms with Crippen LogP contribution in [0.3, 0.4) is 0 Å². The van der Waals surface area contributed by atoms with Gasteiger partial charge < -0.3 is 14.5 Å². The number of aryl methyl sites for hydroxylation is 1. The van der Waals surface area contributed by atoms with Crippen molar-refractivity contribution in [3.63, 3.8) is 0 Å². The molecule has 1 aliphatic carbocycles. The maximum atomic E-state index is 12.7. The summed E-state index contributed by atoms with van der Waals surface area (Å²) in [5.74, 6) is 1.07. The molecule has 0 unspecified atom stereocenters. The molecule has 1 aromatic rings. The average Bonchev–Trinajstić information content (AvgIpc) is 3.14. The number of ether oxygens (including phenoxy) is 1. The van der Waals surface area contributed by atoms with Crippen LogP contribution in [0, 0.1) is 6.92 Å². The number of nitrogens with one attached hydrogen (secondary N) is 1. The first-order valence-corrected chi connectivity index (χ1v) is 8.19. The van der Waals surface area contributed by atoms with Crippen LogP contribution in [0.2, 0.25) is 0 Å². The summed E-state index contributed by atoms with van der Waals surface area (Å²) in [5, 5.41) is 2.95. The monoisotopic (exact) mass is 302 g/mol. The largest absolute Gasteiger partial charge is 0.464 e. The fourth-order valence-electron chi connectivity index (χ4n) is 2.21. The number of hydrogen-bond acceptors (Lipinski definition) is 5. The van der Waals surface area contributed by atoms with Gasteiger partial charge in [-0.2, -0.15) is 4.31 Å². The lowest BCUT2D eigenvalue weighted by molar-refractivity contribution is 0.177. The maximum Gasteiger partial charge on any atom is 0.246 e. The second kappa shape index (κ2) is 6.26. The molecule has 20 heavy (non-hydrogen) atoms. The minimum absolute atomic E-state index is 0.109. The van der Waals surface area contributed by atoms with Gasteiger partial charge in [-0.3, -0.25) is 0 Å². The van der Waals surface area contributed by atoms with Crippen molar-refractivity contribution in [3.05, 3.63) is 17.6 Å². The molecular weight excluding hydrogens is 280 g/mol. The van der Waals surface area contributed by atoms with E-state index in [1.807, 2.05) is 0 Å². The molecule has 1 aromatic heterocycles. The molecule has 7 heteroatoms. The Hall–Kier alpha value is -0.890. The van der Waals surface area contributed by atoms with Gasteiger partial charge in [0.1, 0.15) is 16.4 Å². The van der Waals surface area contributed by atoms with Gasteiger partial charge in [0.2, 0.25) is 10.0 Å². The Bertz CT molecular complexity index is 549. The summed E-state index contributed by atoms with van der Waals surface area (Å²) in [5.41, 5.74) is 0. The van der Waals surface area contributed by atoms with E-state index in [4.69, 9.17) is 9.15 Å². The molecule has 1 N–H and O–H groups in total. The maximum absolute atomic E-state index is 12.7. The molecule has 0 saturated heterocycles. The van der Waals surface area contributed by atoms with Crippen LogP contribution in [0.1, 0.15) is 24.4 Å². The molecule has 0 amide bonds. The second-order valence-corrected chi connectivity index (χ2v) is 6.86. The van der Waals surface area contributed by atoms with Crippen molar-refractivity contribution in [2.75, 3.05) is 27.3 Å². The van der Waals surface area contributed by atoms with Gasteiger partial charge in [0.15, 0.2) is 0 Å². The van der Waals surface area contributed by atoms with Gasteiger partial charge in [-0.1, -0.05) is 0 Å². The molecule has 0 radical (unpaired) electrons. The quantitative estimate of drug-likeness (QED) is 0.779. The highest BCUT2D eigenvalue weighted by atomic mass is 32.2. The molecule has 1 heterocycles. The highest BCUT2D eigenvalue weighted by molar-refractivity contribution is 7.89. The standard InChI is InChI=1S/C13H22N2O4S/c1-10-13(8-12(19-10)9-14-2)20(16,17)15(6-7-18-3)11-4-5-11/h8,11,14H,4-7,9H2,1-3H3. The number of nitrogens with zero attached hydrogens (tertiary/aromatic N) is 1. The van der Waals surface area contributed by atoms with Gasteiger partial charge in [0.05, 0.1) is 13.2 Å². The van der Waals surface area contributed by atoms with Crippen molar-refractivity contribution in [1.29, 1.82) is 0 Å². The lowest BCUT2D eigenvalue weighted by atomic mass is 10.4. The van der Waals surface area contributed by atoms with E-state index >= 15 is 0 Å². The van der Waals surface area contributed by atoms with Crippen molar-refractivity contribution in [3.8, 4) is 0 Å². The summed E-state index contributed by atoms with van der Waals surface area (Å²) in [6.07, 6.45) is 1.84. The van der Waals surface area contributed by atoms with Gasteiger partial charge in [-0.05, 0) is 26.8 Å². The molecule has 0 aromatic carbocycles. The van der Waals surface area contributed by atoms with Crippen LogP contribution in [0.15, 0.2) is 15.4 Å². The van der Waals surface area contributed by atoms with Crippen LogP contribution in [0.4, 0.5) is 0 Å². The van der Waals surface area contributed by atoms with E-state index in [2.05, 4.69) is 5.32 Å². The predicted molar refractivity (Wildman–Crippen MR) is 75.0 cm³/mol. The van der Waals surface area contributed by atoms with Gasteiger partial charge in [0, 0.05) is 25.8 Å². The predicted octanol–water partition coefficient (Wildman–Crippen LogP) is 1.11. The highest BCUT2D eigenvalue weighted by Gasteiger charge is 2.39. The van der Waals surface area contributed by atoms with Crippen LogP contribution in [0.25, 0.3) is 0 Å². The molecule has 6 nitrogen and oxygen atoms in total. The summed E-state index contributed by atoms with van der Waals surface area (Å²) in [6, 6.07) is 1.72. The Balaban J connectivity index is 2.27. The molecule has 1 fully saturated rings. The summed E-state index contributed by atoms with van der Waals surface area (Å²) < 4.78 is 37.5. The fraction of sp³-hybridized carbons (Fsp3) is 0.692. The van der Waals surface area contributed by atoms with Gasteiger partial charge in [0.25, 0.3) is 0 Å². The SMILES string of the molecule is CNCc1cc(S(=O)(=O)N(CCOC)C2CC2)c(C)o1. The first-order valence-electron chi connectivity index (χ1n) is 6.75. The topological polar surface area (TPSA) is 71.8 Å². The zero-order valence-electron chi connectivity index (χ0n) is 12.2. The van der Waals surface area contributed by atoms with Crippen LogP contribution in [-0.4, -0.2) is 46.1 Å². The molecule has 1 aliphatic rings. The summed E-state index contributed by atoms with van der Waals surface area (Å²) in [6.45, 7) is 2.98. The third kappa shape index (κ3) is 3.22. The molecule has 0 bridgehead atoms.